The molecule has 2 saturated carbocycles. The number of H-pyrrole nitrogens is 1. The molecule has 2 aliphatic carbocycles. The van der Waals surface area contributed by atoms with Gasteiger partial charge in [-0.05, 0) is 104 Å². The zero-order valence-electron chi connectivity index (χ0n) is 40.8. The van der Waals surface area contributed by atoms with Gasteiger partial charge in [0, 0.05) is 87.3 Å². The molecule has 16 nitrogen and oxygen atoms in total. The largest absolute Gasteiger partial charge is 0.455 e. The van der Waals surface area contributed by atoms with Crippen molar-refractivity contribution in [2.24, 2.45) is 11.3 Å². The Hall–Kier alpha value is -6.61. The standard InChI is InChI=1S/C53H58F3N9O7S/c1-32(2)39-6-4-5-7-40(39)47-29-62(28-34-8-11-43(54)44(55)18-34)16-17-64(47)36-22-53(23-36)30-63(31-53)35-9-10-41(48(19-35)72-37-20-42-45(56)27-60-49(42)58-25-37)51(66)61-73(70,71)38-21-46(65(68)69)50(59-26-38)57-24-33-12-14-52(3,67)15-13-33/h4-11,18-21,25-27,32-33,36,47,67H,12-17,22-24,28-31H2,1-3H3,(H,57,59)(H,58,60)(H,61,66)/t33?,47-,52?/m0/s1. The molecular weight excluding hydrogens is 964 g/mol. The van der Waals surface area contributed by atoms with Crippen LogP contribution in [0.3, 0.4) is 0 Å². The fourth-order valence-corrected chi connectivity index (χ4v) is 12.2. The van der Waals surface area contributed by atoms with Crippen LogP contribution in [0.25, 0.3) is 11.0 Å². The highest BCUT2D eigenvalue weighted by molar-refractivity contribution is 7.90. The number of nitrogens with zero attached hydrogens (tertiary/aromatic N) is 6. The van der Waals surface area contributed by atoms with Crippen LogP contribution in [0, 0.1) is 38.9 Å². The van der Waals surface area contributed by atoms with E-state index in [1.54, 1.807) is 25.1 Å². The number of anilines is 2. The maximum atomic E-state index is 14.7. The topological polar surface area (TPSA) is 199 Å². The van der Waals surface area contributed by atoms with Crippen molar-refractivity contribution in [1.29, 1.82) is 0 Å². The molecule has 4 N–H and O–H groups in total. The molecule has 0 unspecified atom stereocenters. The zero-order valence-corrected chi connectivity index (χ0v) is 41.6. The summed E-state index contributed by atoms with van der Waals surface area (Å²) in [7, 11) is -4.73. The quantitative estimate of drug-likeness (QED) is 0.0561. The number of pyridine rings is 2. The third-order valence-electron chi connectivity index (χ3n) is 15.3. The molecule has 2 saturated heterocycles. The highest BCUT2D eigenvalue weighted by atomic mass is 32.2. The number of aromatic amines is 1. The Morgan fingerprint density at radius 3 is 2.48 bits per heavy atom. The van der Waals surface area contributed by atoms with Gasteiger partial charge >= 0.3 is 5.69 Å². The minimum Gasteiger partial charge on any atom is -0.455 e. The fourth-order valence-electron chi connectivity index (χ4n) is 11.3. The molecule has 10 rings (SSSR count). The molecule has 1 atom stereocenters. The number of carbonyl (C=O) groups excluding carboxylic acids is 1. The number of hydrogen-bond donors (Lipinski definition) is 4. The number of aliphatic hydroxyl groups is 1. The maximum Gasteiger partial charge on any atom is 0.312 e. The highest BCUT2D eigenvalue weighted by Crippen LogP contribution is 2.54. The van der Waals surface area contributed by atoms with Crippen LogP contribution in [-0.4, -0.2) is 100 Å². The molecule has 2 aliphatic heterocycles. The second kappa shape index (κ2) is 19.7. The van der Waals surface area contributed by atoms with Crippen molar-refractivity contribution in [2.75, 3.05) is 49.5 Å². The van der Waals surface area contributed by atoms with Crippen molar-refractivity contribution in [3.05, 3.63) is 141 Å². The summed E-state index contributed by atoms with van der Waals surface area (Å²) in [5.41, 5.74) is 2.77. The first-order valence-corrected chi connectivity index (χ1v) is 26.2. The van der Waals surface area contributed by atoms with Gasteiger partial charge in [-0.15, -0.1) is 0 Å². The van der Waals surface area contributed by atoms with Gasteiger partial charge in [0.15, 0.2) is 11.6 Å². The second-order valence-electron chi connectivity index (χ2n) is 21.0. The van der Waals surface area contributed by atoms with Gasteiger partial charge in [-0.2, -0.15) is 0 Å². The van der Waals surface area contributed by atoms with Gasteiger partial charge in [-0.3, -0.25) is 24.7 Å². The molecule has 6 aromatic rings. The summed E-state index contributed by atoms with van der Waals surface area (Å²) < 4.78 is 78.5. The van der Waals surface area contributed by atoms with Crippen LogP contribution >= 0.6 is 0 Å². The summed E-state index contributed by atoms with van der Waals surface area (Å²) in [6.07, 6.45) is 7.95. The van der Waals surface area contributed by atoms with Gasteiger partial charge < -0.3 is 25.0 Å². The third kappa shape index (κ3) is 10.5. The number of rotatable bonds is 15. The lowest BCUT2D eigenvalue weighted by atomic mass is 9.59. The Labute approximate surface area is 421 Å². The number of nitro groups is 1. The number of nitrogens with one attached hydrogen (secondary N) is 3. The second-order valence-corrected chi connectivity index (χ2v) is 22.7. The van der Waals surface area contributed by atoms with Gasteiger partial charge in [0.25, 0.3) is 15.9 Å². The van der Waals surface area contributed by atoms with Crippen LogP contribution in [0.5, 0.6) is 11.5 Å². The van der Waals surface area contributed by atoms with Crippen molar-refractivity contribution in [2.45, 2.75) is 94.3 Å². The lowest BCUT2D eigenvalue weighted by Gasteiger charge is -2.63. The number of amides is 1. The number of halogens is 3. The number of sulfonamides is 1. The van der Waals surface area contributed by atoms with Gasteiger partial charge in [-0.25, -0.2) is 36.3 Å². The predicted octanol–water partition coefficient (Wildman–Crippen LogP) is 9.20. The van der Waals surface area contributed by atoms with E-state index in [1.807, 2.05) is 4.72 Å². The maximum absolute atomic E-state index is 14.7. The van der Waals surface area contributed by atoms with E-state index in [0.29, 0.717) is 69.5 Å². The summed E-state index contributed by atoms with van der Waals surface area (Å²) in [6, 6.07) is 20.1. The number of piperazine rings is 1. The Morgan fingerprint density at radius 1 is 0.973 bits per heavy atom. The molecule has 0 radical (unpaired) electrons. The SMILES string of the molecule is CC(C)c1ccccc1[C@@H]1CN(Cc2ccc(F)c(F)c2)CCN1C1CC2(C1)CN(c1ccc(C(=O)NS(=O)(=O)c3cnc(NCC4CCC(C)(O)CC4)c([N+](=O)[O-])c3)c(Oc3cnc4[nH]cc(F)c4c3)c1)C2. The van der Waals surface area contributed by atoms with E-state index in [0.717, 1.165) is 56.5 Å². The monoisotopic (exact) mass is 1020 g/mol. The highest BCUT2D eigenvalue weighted by Gasteiger charge is 2.55. The number of fused-ring (bicyclic) bond motifs is 1. The van der Waals surface area contributed by atoms with Crippen molar-refractivity contribution >= 4 is 44.2 Å². The van der Waals surface area contributed by atoms with E-state index in [2.05, 4.69) is 73.1 Å². The number of ether oxygens (including phenoxy) is 1. The average Bonchev–Trinajstić information content (AvgIpc) is 3.70. The van der Waals surface area contributed by atoms with E-state index >= 15 is 0 Å². The molecule has 1 amide bonds. The summed E-state index contributed by atoms with van der Waals surface area (Å²) in [6.45, 7) is 10.8. The van der Waals surface area contributed by atoms with E-state index in [4.69, 9.17) is 4.74 Å². The van der Waals surface area contributed by atoms with Crippen molar-refractivity contribution in [3.8, 4) is 11.5 Å². The lowest BCUT2D eigenvalue weighted by molar-refractivity contribution is -0.384. The lowest BCUT2D eigenvalue weighted by Crippen LogP contribution is -2.68. The van der Waals surface area contributed by atoms with Crippen LogP contribution in [-0.2, 0) is 16.6 Å². The first-order valence-electron chi connectivity index (χ1n) is 24.7. The Bertz CT molecular complexity index is 3190. The Balaban J connectivity index is 0.850. The molecule has 5 heterocycles. The molecule has 73 heavy (non-hydrogen) atoms. The zero-order chi connectivity index (χ0) is 51.4. The van der Waals surface area contributed by atoms with Crippen LogP contribution in [0.15, 0.2) is 96.3 Å². The first-order chi connectivity index (χ1) is 34.8. The van der Waals surface area contributed by atoms with Gasteiger partial charge in [0.2, 0.25) is 5.82 Å². The molecule has 3 aromatic carbocycles. The van der Waals surface area contributed by atoms with Crippen molar-refractivity contribution in [3.63, 3.8) is 0 Å². The Morgan fingerprint density at radius 2 is 1.74 bits per heavy atom. The summed E-state index contributed by atoms with van der Waals surface area (Å²) >= 11 is 0. The van der Waals surface area contributed by atoms with Crippen LogP contribution in [0.2, 0.25) is 0 Å². The first kappa shape index (κ1) is 49.9. The number of aromatic nitrogens is 3. The predicted molar refractivity (Wildman–Crippen MR) is 268 cm³/mol. The molecular formula is C53H58F3N9O7S. The van der Waals surface area contributed by atoms with Gasteiger partial charge in [0.1, 0.15) is 27.9 Å². The minimum atomic E-state index is -4.73. The Kier molecular flexibility index (Phi) is 13.5. The molecule has 384 valence electrons. The smallest absolute Gasteiger partial charge is 0.312 e. The van der Waals surface area contributed by atoms with E-state index < -0.39 is 54.5 Å². The molecule has 20 heteroatoms. The fraction of sp³-hybridized carbons (Fsp3) is 0.415. The van der Waals surface area contributed by atoms with Crippen LogP contribution < -0.4 is 19.7 Å². The third-order valence-corrected chi connectivity index (χ3v) is 16.6. The van der Waals surface area contributed by atoms with Crippen molar-refractivity contribution in [1.82, 2.24) is 29.5 Å². The molecule has 4 fully saturated rings. The molecule has 0 bridgehead atoms. The van der Waals surface area contributed by atoms with E-state index in [-0.39, 0.29) is 51.3 Å². The van der Waals surface area contributed by atoms with Gasteiger partial charge in [0.05, 0.1) is 33.9 Å². The van der Waals surface area contributed by atoms with E-state index in [1.165, 1.54) is 41.6 Å². The summed E-state index contributed by atoms with van der Waals surface area (Å²) in [5, 5.41) is 25.6. The van der Waals surface area contributed by atoms with Crippen LogP contribution in [0.4, 0.5) is 30.4 Å². The molecule has 1 spiro atoms. The summed E-state index contributed by atoms with van der Waals surface area (Å²) in [4.78, 5) is 43.0. The van der Waals surface area contributed by atoms with Crippen molar-refractivity contribution < 1.29 is 41.2 Å². The molecule has 4 aliphatic rings. The minimum absolute atomic E-state index is 0.0289. The number of hydrogen-bond acceptors (Lipinski definition) is 13. The van der Waals surface area contributed by atoms with Crippen LogP contribution in [0.1, 0.15) is 98.3 Å². The average molecular weight is 1020 g/mol. The number of benzene rings is 3. The normalized spacial score (nSPS) is 21.5. The molecule has 3 aromatic heterocycles. The number of carbonyl (C=O) groups is 1. The summed E-state index contributed by atoms with van der Waals surface area (Å²) in [5.74, 6) is -3.00. The van der Waals surface area contributed by atoms with E-state index in [9.17, 15) is 41.6 Å². The van der Waals surface area contributed by atoms with Gasteiger partial charge in [-0.1, -0.05) is 44.2 Å².